The monoisotopic (exact) mass is 527 g/mol. The highest BCUT2D eigenvalue weighted by Crippen LogP contribution is 2.43. The van der Waals surface area contributed by atoms with Gasteiger partial charge in [0.25, 0.3) is 0 Å². The van der Waals surface area contributed by atoms with E-state index in [4.69, 9.17) is 23.8 Å². The van der Waals surface area contributed by atoms with Crippen molar-refractivity contribution in [3.63, 3.8) is 0 Å². The first-order valence-electron chi connectivity index (χ1n) is 12.9. The van der Waals surface area contributed by atoms with Crippen molar-refractivity contribution in [1.29, 1.82) is 0 Å². The van der Waals surface area contributed by atoms with Crippen molar-refractivity contribution in [3.05, 3.63) is 108 Å². The molecule has 2 atom stereocenters. The van der Waals surface area contributed by atoms with Gasteiger partial charge in [-0.1, -0.05) is 42.8 Å². The maximum atomic E-state index is 6.91. The predicted molar refractivity (Wildman–Crippen MR) is 156 cm³/mol. The molecule has 2 aliphatic heterocycles. The first-order chi connectivity index (χ1) is 18.1. The Morgan fingerprint density at radius 2 is 1.73 bits per heavy atom. The molecule has 7 heteroatoms. The topological polar surface area (TPSA) is 36.3 Å². The number of anilines is 2. The molecule has 0 saturated carbocycles. The molecule has 0 amide bonds. The molecule has 0 bridgehead atoms. The summed E-state index contributed by atoms with van der Waals surface area (Å²) in [6, 6.07) is 24.7. The Morgan fingerprint density at radius 3 is 2.46 bits per heavy atom. The van der Waals surface area contributed by atoms with Gasteiger partial charge in [-0.15, -0.1) is 0 Å². The van der Waals surface area contributed by atoms with Crippen molar-refractivity contribution in [2.75, 3.05) is 22.9 Å². The molecule has 0 radical (unpaired) electrons. The fraction of sp³-hybridized carbons (Fsp3) is 0.267. The molecule has 37 heavy (non-hydrogen) atoms. The Balaban J connectivity index is 1.38. The van der Waals surface area contributed by atoms with E-state index in [1.807, 2.05) is 24.4 Å². The second-order valence-corrected chi connectivity index (χ2v) is 10.8. The van der Waals surface area contributed by atoms with Gasteiger partial charge in [0.1, 0.15) is 0 Å². The summed E-state index contributed by atoms with van der Waals surface area (Å²) in [5.41, 5.74) is 5.30. The van der Waals surface area contributed by atoms with Crippen molar-refractivity contribution in [2.45, 2.75) is 31.8 Å². The average Bonchev–Trinajstić information content (AvgIpc) is 3.55. The van der Waals surface area contributed by atoms with Gasteiger partial charge in [0, 0.05) is 43.1 Å². The summed E-state index contributed by atoms with van der Waals surface area (Å²) in [4.78, 5) is 9.27. The number of nitrogens with one attached hydrogen (secondary N) is 1. The number of pyridine rings is 1. The molecule has 2 fully saturated rings. The van der Waals surface area contributed by atoms with Gasteiger partial charge in [0.05, 0.1) is 28.5 Å². The van der Waals surface area contributed by atoms with Crippen LogP contribution in [0.1, 0.15) is 43.1 Å². The Kier molecular flexibility index (Phi) is 6.61. The normalized spacial score (nSPS) is 20.3. The number of nitrogens with zero attached hydrogens (tertiary/aromatic N) is 4. The number of piperidine rings is 1. The first-order valence-corrected chi connectivity index (χ1v) is 13.7. The van der Waals surface area contributed by atoms with Gasteiger partial charge < -0.3 is 19.7 Å². The quantitative estimate of drug-likeness (QED) is 0.284. The van der Waals surface area contributed by atoms with E-state index in [9.17, 15) is 0 Å². The van der Waals surface area contributed by atoms with Gasteiger partial charge >= 0.3 is 0 Å². The van der Waals surface area contributed by atoms with Crippen molar-refractivity contribution >= 4 is 40.3 Å². The van der Waals surface area contributed by atoms with E-state index in [0.717, 1.165) is 52.3 Å². The summed E-state index contributed by atoms with van der Waals surface area (Å²) >= 11 is 12.8. The van der Waals surface area contributed by atoms with Gasteiger partial charge in [-0.05, 0) is 85.1 Å². The van der Waals surface area contributed by atoms with Crippen LogP contribution in [0.2, 0.25) is 5.02 Å². The van der Waals surface area contributed by atoms with Gasteiger partial charge in [-0.3, -0.25) is 4.98 Å². The Labute approximate surface area is 228 Å². The van der Waals surface area contributed by atoms with Gasteiger partial charge in [-0.25, -0.2) is 0 Å². The molecule has 6 rings (SSSR count). The van der Waals surface area contributed by atoms with Crippen LogP contribution in [0.25, 0.3) is 5.69 Å². The summed E-state index contributed by atoms with van der Waals surface area (Å²) < 4.78 is 2.15. The number of hydrogen-bond donors (Lipinski definition) is 1. The molecule has 2 aliphatic rings. The summed E-state index contributed by atoms with van der Waals surface area (Å²) in [7, 11) is 0. The van der Waals surface area contributed by atoms with Crippen LogP contribution in [0.4, 0.5) is 11.4 Å². The molecule has 4 aromatic rings. The predicted octanol–water partition coefficient (Wildman–Crippen LogP) is 6.94. The summed E-state index contributed by atoms with van der Waals surface area (Å²) in [5.74, 6) is 0.773. The fourth-order valence-corrected chi connectivity index (χ4v) is 6.11. The molecule has 2 saturated heterocycles. The van der Waals surface area contributed by atoms with Crippen LogP contribution >= 0.6 is 23.8 Å². The van der Waals surface area contributed by atoms with Crippen LogP contribution in [0.5, 0.6) is 0 Å². The number of rotatable bonds is 5. The lowest BCUT2D eigenvalue weighted by molar-refractivity contribution is 0.438. The van der Waals surface area contributed by atoms with E-state index < -0.39 is 0 Å². The Morgan fingerprint density at radius 1 is 0.946 bits per heavy atom. The second kappa shape index (κ2) is 10.2. The molecular formula is C30H30ClN5S. The van der Waals surface area contributed by atoms with Crippen LogP contribution in [-0.2, 0) is 0 Å². The summed E-state index contributed by atoms with van der Waals surface area (Å²) in [6.07, 6.45) is 8.52. The number of thiocarbonyl (C=S) groups is 1. The van der Waals surface area contributed by atoms with Crippen LogP contribution < -0.4 is 15.1 Å². The minimum Gasteiger partial charge on any atom is -0.370 e. The third kappa shape index (κ3) is 4.72. The zero-order valence-electron chi connectivity index (χ0n) is 20.8. The molecule has 0 aliphatic carbocycles. The first kappa shape index (κ1) is 24.0. The summed E-state index contributed by atoms with van der Waals surface area (Å²) in [5, 5.41) is 4.98. The third-order valence-electron chi connectivity index (χ3n) is 7.54. The third-order valence-corrected chi connectivity index (χ3v) is 8.16. The Bertz CT molecular complexity index is 1380. The van der Waals surface area contributed by atoms with E-state index in [1.165, 1.54) is 12.8 Å². The molecule has 1 N–H and O–H groups in total. The zero-order chi connectivity index (χ0) is 25.4. The standard InChI is InChI=1S/C30H30ClN5S/c1-21-12-16-34(17-13-21)27-11-10-24(19-25(27)31)36-29(28(33-30(36)37)26-9-5-6-15-32-26)22-14-18-35(20-22)23-7-3-2-4-8-23/h2-11,14-15,18-21,28-29H,12-13,16-17H2,1H3,(H,33,37)/t28-,29-/m0/s1. The van der Waals surface area contributed by atoms with Gasteiger partial charge in [0.15, 0.2) is 5.11 Å². The van der Waals surface area contributed by atoms with Crippen molar-refractivity contribution in [1.82, 2.24) is 14.9 Å². The lowest BCUT2D eigenvalue weighted by Gasteiger charge is -2.33. The number of hydrogen-bond acceptors (Lipinski definition) is 3. The van der Waals surface area contributed by atoms with E-state index >= 15 is 0 Å². The summed E-state index contributed by atoms with van der Waals surface area (Å²) in [6.45, 7) is 4.41. The Hall–Kier alpha value is -3.35. The maximum Gasteiger partial charge on any atom is 0.174 e. The molecule has 2 aromatic carbocycles. The lowest BCUT2D eigenvalue weighted by Crippen LogP contribution is -2.33. The van der Waals surface area contributed by atoms with E-state index in [1.54, 1.807) is 0 Å². The molecule has 0 spiro atoms. The minimum absolute atomic E-state index is 0.0786. The van der Waals surface area contributed by atoms with Gasteiger partial charge in [-0.2, -0.15) is 0 Å². The van der Waals surface area contributed by atoms with Crippen molar-refractivity contribution in [3.8, 4) is 5.69 Å². The van der Waals surface area contributed by atoms with Crippen LogP contribution in [0.3, 0.4) is 0 Å². The molecule has 2 aromatic heterocycles. The highest BCUT2D eigenvalue weighted by atomic mass is 35.5. The SMILES string of the molecule is CC1CCN(c2ccc(N3C(=S)N[C@@H](c4ccccn4)[C@@H]3c3ccn(-c4ccccc4)c3)cc2Cl)CC1. The van der Waals surface area contributed by atoms with Crippen molar-refractivity contribution in [2.24, 2.45) is 5.92 Å². The van der Waals surface area contributed by atoms with E-state index in [0.29, 0.717) is 5.11 Å². The van der Waals surface area contributed by atoms with Crippen LogP contribution in [-0.4, -0.2) is 27.8 Å². The molecule has 188 valence electrons. The molecule has 4 heterocycles. The minimum atomic E-state index is -0.0950. The second-order valence-electron chi connectivity index (χ2n) is 9.99. The molecule has 5 nitrogen and oxygen atoms in total. The van der Waals surface area contributed by atoms with E-state index in [-0.39, 0.29) is 12.1 Å². The molecule has 0 unspecified atom stereocenters. The molecular weight excluding hydrogens is 498 g/mol. The van der Waals surface area contributed by atoms with Crippen LogP contribution in [0.15, 0.2) is 91.4 Å². The zero-order valence-corrected chi connectivity index (χ0v) is 22.4. The van der Waals surface area contributed by atoms with Crippen molar-refractivity contribution < 1.29 is 0 Å². The lowest BCUT2D eigenvalue weighted by atomic mass is 9.98. The number of para-hydroxylation sites is 1. The van der Waals surface area contributed by atoms with E-state index in [2.05, 4.69) is 98.6 Å². The number of aromatic nitrogens is 2. The largest absolute Gasteiger partial charge is 0.370 e. The fourth-order valence-electron chi connectivity index (χ4n) is 5.47. The maximum absolute atomic E-state index is 6.91. The number of benzene rings is 2. The highest BCUT2D eigenvalue weighted by Gasteiger charge is 2.41. The smallest absolute Gasteiger partial charge is 0.174 e. The highest BCUT2D eigenvalue weighted by molar-refractivity contribution is 7.80. The average molecular weight is 528 g/mol. The van der Waals surface area contributed by atoms with Crippen LogP contribution in [0, 0.1) is 5.92 Å². The van der Waals surface area contributed by atoms with Gasteiger partial charge in [0.2, 0.25) is 0 Å². The number of halogens is 1.